The van der Waals surface area contributed by atoms with E-state index in [-0.39, 0.29) is 18.9 Å². The lowest BCUT2D eigenvalue weighted by Crippen LogP contribution is -2.39. The van der Waals surface area contributed by atoms with Crippen LogP contribution in [-0.4, -0.2) is 51.9 Å². The fourth-order valence-electron chi connectivity index (χ4n) is 3.00. The number of carbonyl (C=O) groups excluding carboxylic acids is 1. The quantitative estimate of drug-likeness (QED) is 0.631. The third-order valence-electron chi connectivity index (χ3n) is 4.82. The second-order valence-electron chi connectivity index (χ2n) is 7.16. The van der Waals surface area contributed by atoms with Gasteiger partial charge in [-0.3, -0.25) is 4.79 Å². The third-order valence-corrected chi connectivity index (χ3v) is 6.61. The molecule has 1 heterocycles. The molecule has 29 heavy (non-hydrogen) atoms. The topological polar surface area (TPSA) is 78.5 Å². The summed E-state index contributed by atoms with van der Waals surface area (Å²) in [5, 5.41) is 2.14. The third kappa shape index (κ3) is 7.44. The molecule has 1 aromatic rings. The summed E-state index contributed by atoms with van der Waals surface area (Å²) < 4.78 is 65.2. The molecule has 1 aliphatic rings. The summed E-state index contributed by atoms with van der Waals surface area (Å²) in [7, 11) is -4.20. The van der Waals surface area contributed by atoms with E-state index >= 15 is 0 Å². The highest BCUT2D eigenvalue weighted by Crippen LogP contribution is 2.35. The maximum Gasteiger partial charge on any atom is 0.417 e. The molecule has 1 saturated heterocycles. The number of likely N-dealkylation sites (tertiary alicyclic amines) is 1. The Hall–Kier alpha value is -1.36. The number of nitrogens with one attached hydrogen (secondary N) is 2. The van der Waals surface area contributed by atoms with Gasteiger partial charge in [0.2, 0.25) is 15.9 Å². The Morgan fingerprint density at radius 1 is 1.24 bits per heavy atom. The van der Waals surface area contributed by atoms with E-state index in [9.17, 15) is 26.4 Å². The van der Waals surface area contributed by atoms with Gasteiger partial charge in [0.05, 0.1) is 15.5 Å². The number of rotatable bonds is 8. The van der Waals surface area contributed by atoms with Crippen molar-refractivity contribution in [1.82, 2.24) is 14.9 Å². The molecule has 0 saturated carbocycles. The van der Waals surface area contributed by atoms with E-state index in [1.807, 2.05) is 0 Å². The minimum atomic E-state index is -4.77. The monoisotopic (exact) mass is 455 g/mol. The molecule has 0 atom stereocenters. The van der Waals surface area contributed by atoms with E-state index in [1.165, 1.54) is 0 Å². The summed E-state index contributed by atoms with van der Waals surface area (Å²) in [6.45, 7) is 5.18. The highest BCUT2D eigenvalue weighted by molar-refractivity contribution is 7.89. The second-order valence-corrected chi connectivity index (χ2v) is 9.34. The molecule has 0 spiro atoms. The van der Waals surface area contributed by atoms with Crippen molar-refractivity contribution in [2.45, 2.75) is 37.3 Å². The Labute approximate surface area is 173 Å². The van der Waals surface area contributed by atoms with Gasteiger partial charge in [-0.2, -0.15) is 13.2 Å². The van der Waals surface area contributed by atoms with E-state index < -0.39 is 31.7 Å². The van der Waals surface area contributed by atoms with Crippen molar-refractivity contribution in [3.63, 3.8) is 0 Å². The fraction of sp³-hybridized carbons (Fsp3) is 0.611. The standard InChI is InChI=1S/C18H25ClF3N3O3S/c1-13-5-9-25(10-6-13)11-8-23-17(26)4-7-24-29(27,28)14-2-3-16(19)15(12-14)18(20,21)22/h2-3,12-13,24H,4-11H2,1H3,(H,23,26). The molecule has 0 aromatic heterocycles. The number of piperidine rings is 1. The van der Waals surface area contributed by atoms with Crippen molar-refractivity contribution in [2.75, 3.05) is 32.7 Å². The number of amides is 1. The van der Waals surface area contributed by atoms with E-state index in [1.54, 1.807) is 0 Å². The SMILES string of the molecule is CC1CCN(CCNC(=O)CCNS(=O)(=O)c2ccc(Cl)c(C(F)(F)F)c2)CC1. The normalized spacial score (nSPS) is 16.7. The van der Waals surface area contributed by atoms with Crippen molar-refractivity contribution in [3.8, 4) is 0 Å². The van der Waals surface area contributed by atoms with Gasteiger partial charge in [0.1, 0.15) is 0 Å². The number of carbonyl (C=O) groups is 1. The van der Waals surface area contributed by atoms with Gasteiger partial charge >= 0.3 is 6.18 Å². The largest absolute Gasteiger partial charge is 0.417 e. The molecular weight excluding hydrogens is 431 g/mol. The van der Waals surface area contributed by atoms with Crippen LogP contribution in [0.15, 0.2) is 23.1 Å². The zero-order chi connectivity index (χ0) is 21.7. The predicted molar refractivity (Wildman–Crippen MR) is 104 cm³/mol. The second kappa shape index (κ2) is 10.1. The summed E-state index contributed by atoms with van der Waals surface area (Å²) in [5.41, 5.74) is -1.23. The Bertz CT molecular complexity index is 810. The highest BCUT2D eigenvalue weighted by Gasteiger charge is 2.34. The summed E-state index contributed by atoms with van der Waals surface area (Å²) in [6, 6.07) is 2.34. The van der Waals surface area contributed by atoms with Crippen LogP contribution in [0.5, 0.6) is 0 Å². The minimum absolute atomic E-state index is 0.115. The molecular formula is C18H25ClF3N3O3S. The predicted octanol–water partition coefficient (Wildman–Crippen LogP) is 2.88. The minimum Gasteiger partial charge on any atom is -0.355 e. The average molecular weight is 456 g/mol. The summed E-state index contributed by atoms with van der Waals surface area (Å²) >= 11 is 5.50. The van der Waals surface area contributed by atoms with Crippen LogP contribution in [0.4, 0.5) is 13.2 Å². The lowest BCUT2D eigenvalue weighted by Gasteiger charge is -2.30. The number of hydrogen-bond donors (Lipinski definition) is 2. The van der Waals surface area contributed by atoms with Gasteiger partial charge in [0.25, 0.3) is 0 Å². The maximum absolute atomic E-state index is 12.9. The van der Waals surface area contributed by atoms with Gasteiger partial charge in [-0.05, 0) is 50.0 Å². The molecule has 0 radical (unpaired) electrons. The first-order valence-electron chi connectivity index (χ1n) is 9.34. The first-order valence-corrected chi connectivity index (χ1v) is 11.2. The van der Waals surface area contributed by atoms with Crippen molar-refractivity contribution in [2.24, 2.45) is 5.92 Å². The first kappa shape index (κ1) is 23.9. The zero-order valence-corrected chi connectivity index (χ0v) is 17.6. The maximum atomic E-state index is 12.9. The Morgan fingerprint density at radius 2 is 1.90 bits per heavy atom. The van der Waals surface area contributed by atoms with Crippen LogP contribution in [0.2, 0.25) is 5.02 Å². The molecule has 0 bridgehead atoms. The van der Waals surface area contributed by atoms with Gasteiger partial charge in [-0.15, -0.1) is 0 Å². The van der Waals surface area contributed by atoms with Crippen molar-refractivity contribution in [3.05, 3.63) is 28.8 Å². The molecule has 1 aromatic carbocycles. The van der Waals surface area contributed by atoms with E-state index in [2.05, 4.69) is 21.9 Å². The fourth-order valence-corrected chi connectivity index (χ4v) is 4.28. The summed E-state index contributed by atoms with van der Waals surface area (Å²) in [5.74, 6) is 0.395. The molecule has 0 unspecified atom stereocenters. The van der Waals surface area contributed by atoms with E-state index in [0.717, 1.165) is 50.5 Å². The van der Waals surface area contributed by atoms with E-state index in [0.29, 0.717) is 12.6 Å². The number of alkyl halides is 3. The molecule has 1 aliphatic heterocycles. The number of sulfonamides is 1. The van der Waals surface area contributed by atoms with Crippen LogP contribution in [0.25, 0.3) is 0 Å². The van der Waals surface area contributed by atoms with Crippen LogP contribution in [0, 0.1) is 5.92 Å². The molecule has 11 heteroatoms. The van der Waals surface area contributed by atoms with Crippen LogP contribution in [0.1, 0.15) is 31.7 Å². The molecule has 164 valence electrons. The highest BCUT2D eigenvalue weighted by atomic mass is 35.5. The van der Waals surface area contributed by atoms with Crippen molar-refractivity contribution < 1.29 is 26.4 Å². The smallest absolute Gasteiger partial charge is 0.355 e. The Balaban J connectivity index is 1.78. The van der Waals surface area contributed by atoms with Gasteiger partial charge in [-0.25, -0.2) is 13.1 Å². The van der Waals surface area contributed by atoms with Crippen LogP contribution in [0.3, 0.4) is 0 Å². The van der Waals surface area contributed by atoms with Crippen LogP contribution >= 0.6 is 11.6 Å². The van der Waals surface area contributed by atoms with Gasteiger partial charge in [0.15, 0.2) is 0 Å². The van der Waals surface area contributed by atoms with Crippen molar-refractivity contribution in [1.29, 1.82) is 0 Å². The molecule has 2 rings (SSSR count). The molecule has 0 aliphatic carbocycles. The van der Waals surface area contributed by atoms with Gasteiger partial charge in [-0.1, -0.05) is 18.5 Å². The van der Waals surface area contributed by atoms with Gasteiger partial charge < -0.3 is 10.2 Å². The van der Waals surface area contributed by atoms with Crippen LogP contribution < -0.4 is 10.0 Å². The number of halogens is 4. The van der Waals surface area contributed by atoms with Gasteiger partial charge in [0, 0.05) is 26.1 Å². The zero-order valence-electron chi connectivity index (χ0n) is 16.1. The molecule has 1 amide bonds. The number of hydrogen-bond acceptors (Lipinski definition) is 4. The lowest BCUT2D eigenvalue weighted by atomic mass is 9.99. The molecule has 6 nitrogen and oxygen atoms in total. The Kier molecular flexibility index (Phi) is 8.33. The average Bonchev–Trinajstić information content (AvgIpc) is 2.62. The van der Waals surface area contributed by atoms with E-state index in [4.69, 9.17) is 11.6 Å². The number of benzene rings is 1. The Morgan fingerprint density at radius 3 is 2.52 bits per heavy atom. The molecule has 1 fully saturated rings. The molecule has 2 N–H and O–H groups in total. The summed E-state index contributed by atoms with van der Waals surface area (Å²) in [4.78, 5) is 13.6. The van der Waals surface area contributed by atoms with Crippen LogP contribution in [-0.2, 0) is 21.0 Å². The first-order chi connectivity index (χ1) is 13.5. The summed E-state index contributed by atoms with van der Waals surface area (Å²) in [6.07, 6.45) is -2.61. The van der Waals surface area contributed by atoms with Crippen molar-refractivity contribution >= 4 is 27.5 Å². The lowest BCUT2D eigenvalue weighted by molar-refractivity contribution is -0.137. The number of nitrogens with zero attached hydrogens (tertiary/aromatic N) is 1.